The van der Waals surface area contributed by atoms with E-state index in [1.807, 2.05) is 0 Å². The quantitative estimate of drug-likeness (QED) is 0.329. The minimum Gasteiger partial charge on any atom is -0.480 e. The van der Waals surface area contributed by atoms with Gasteiger partial charge in [0.25, 0.3) is 5.69 Å². The van der Waals surface area contributed by atoms with Crippen molar-refractivity contribution in [1.29, 1.82) is 0 Å². The number of non-ortho nitro benzene ring substituents is 1. The second kappa shape index (κ2) is 8.55. The van der Waals surface area contributed by atoms with Crippen LogP contribution in [0.4, 0.5) is 17.2 Å². The molecule has 0 aliphatic carbocycles. The fourth-order valence-electron chi connectivity index (χ4n) is 3.07. The van der Waals surface area contributed by atoms with E-state index in [4.69, 9.17) is 4.74 Å². The van der Waals surface area contributed by atoms with Crippen molar-refractivity contribution in [2.24, 2.45) is 0 Å². The molecule has 2 aromatic carbocycles. The maximum atomic E-state index is 13.1. The lowest BCUT2D eigenvalue weighted by atomic mass is 10.3. The summed E-state index contributed by atoms with van der Waals surface area (Å²) in [5.41, 5.74) is 1.40. The van der Waals surface area contributed by atoms with Crippen molar-refractivity contribution >= 4 is 38.1 Å². The Labute approximate surface area is 183 Å². The fraction of sp³-hybridized carbons (Fsp3) is 0.0952. The SMILES string of the molecule is COc1ncccc1Nc1nc2ccccc2nc1CS(=O)(=O)c1cccc([N+](=O)[O-])c1. The van der Waals surface area contributed by atoms with Crippen LogP contribution in [0.3, 0.4) is 0 Å². The van der Waals surface area contributed by atoms with Crippen LogP contribution in [0.5, 0.6) is 5.88 Å². The molecule has 0 fully saturated rings. The van der Waals surface area contributed by atoms with Gasteiger partial charge in [0.15, 0.2) is 15.7 Å². The van der Waals surface area contributed by atoms with Crippen LogP contribution in [0.15, 0.2) is 71.8 Å². The molecule has 10 nitrogen and oxygen atoms in total. The van der Waals surface area contributed by atoms with Crippen molar-refractivity contribution in [3.8, 4) is 5.88 Å². The van der Waals surface area contributed by atoms with Crippen LogP contribution >= 0.6 is 0 Å². The number of methoxy groups -OCH3 is 1. The molecule has 0 spiro atoms. The van der Waals surface area contributed by atoms with Gasteiger partial charge in [-0.05, 0) is 30.3 Å². The molecular formula is C21H17N5O5S. The lowest BCUT2D eigenvalue weighted by molar-refractivity contribution is -0.385. The van der Waals surface area contributed by atoms with Gasteiger partial charge in [-0.1, -0.05) is 18.2 Å². The molecule has 2 heterocycles. The Morgan fingerprint density at radius 3 is 2.50 bits per heavy atom. The van der Waals surface area contributed by atoms with E-state index < -0.39 is 20.5 Å². The lowest BCUT2D eigenvalue weighted by Crippen LogP contribution is -2.11. The second-order valence-corrected chi connectivity index (χ2v) is 8.70. The topological polar surface area (TPSA) is 137 Å². The molecule has 0 bridgehead atoms. The monoisotopic (exact) mass is 451 g/mol. The van der Waals surface area contributed by atoms with Gasteiger partial charge in [0, 0.05) is 18.3 Å². The van der Waals surface area contributed by atoms with Gasteiger partial charge in [0.2, 0.25) is 5.88 Å². The first-order valence-electron chi connectivity index (χ1n) is 9.36. The molecule has 0 unspecified atom stereocenters. The van der Waals surface area contributed by atoms with E-state index >= 15 is 0 Å². The third kappa shape index (κ3) is 4.32. The third-order valence-electron chi connectivity index (χ3n) is 4.57. The number of hydrogen-bond donors (Lipinski definition) is 1. The summed E-state index contributed by atoms with van der Waals surface area (Å²) >= 11 is 0. The number of para-hydroxylation sites is 2. The molecule has 1 N–H and O–H groups in total. The van der Waals surface area contributed by atoms with Crippen molar-refractivity contribution < 1.29 is 18.1 Å². The zero-order valence-electron chi connectivity index (χ0n) is 16.8. The maximum Gasteiger partial charge on any atom is 0.270 e. The number of ether oxygens (including phenoxy) is 1. The molecule has 32 heavy (non-hydrogen) atoms. The van der Waals surface area contributed by atoms with Crippen LogP contribution in [0.25, 0.3) is 11.0 Å². The smallest absolute Gasteiger partial charge is 0.270 e. The largest absolute Gasteiger partial charge is 0.480 e. The molecule has 0 amide bonds. The van der Waals surface area contributed by atoms with Crippen LogP contribution in [-0.4, -0.2) is 35.4 Å². The number of benzene rings is 2. The number of hydrogen-bond acceptors (Lipinski definition) is 9. The average Bonchev–Trinajstić information content (AvgIpc) is 2.79. The lowest BCUT2D eigenvalue weighted by Gasteiger charge is -2.14. The number of anilines is 2. The third-order valence-corrected chi connectivity index (χ3v) is 6.20. The summed E-state index contributed by atoms with van der Waals surface area (Å²) in [6.07, 6.45) is 1.56. The van der Waals surface area contributed by atoms with Crippen LogP contribution in [0.2, 0.25) is 0 Å². The van der Waals surface area contributed by atoms with Gasteiger partial charge in [0.05, 0.1) is 33.7 Å². The molecule has 162 valence electrons. The van der Waals surface area contributed by atoms with E-state index in [1.165, 1.54) is 25.3 Å². The van der Waals surface area contributed by atoms with Gasteiger partial charge < -0.3 is 10.1 Å². The number of pyridine rings is 1. The van der Waals surface area contributed by atoms with Crippen molar-refractivity contribution in [1.82, 2.24) is 15.0 Å². The summed E-state index contributed by atoms with van der Waals surface area (Å²) in [7, 11) is -2.50. The normalized spacial score (nSPS) is 11.3. The molecule has 4 aromatic rings. The Morgan fingerprint density at radius 1 is 1.03 bits per heavy atom. The van der Waals surface area contributed by atoms with Crippen molar-refractivity contribution in [3.63, 3.8) is 0 Å². The van der Waals surface area contributed by atoms with Gasteiger partial charge >= 0.3 is 0 Å². The fourth-order valence-corrected chi connectivity index (χ4v) is 4.38. The summed E-state index contributed by atoms with van der Waals surface area (Å²) in [6, 6.07) is 15.4. The molecule has 0 aliphatic heterocycles. The van der Waals surface area contributed by atoms with Crippen LogP contribution < -0.4 is 10.1 Å². The highest BCUT2D eigenvalue weighted by Crippen LogP contribution is 2.29. The van der Waals surface area contributed by atoms with Crippen molar-refractivity contribution in [3.05, 3.63) is 82.7 Å². The van der Waals surface area contributed by atoms with Gasteiger partial charge in [-0.25, -0.2) is 23.4 Å². The number of nitrogens with one attached hydrogen (secondary N) is 1. The van der Waals surface area contributed by atoms with Crippen LogP contribution in [-0.2, 0) is 15.6 Å². The first kappa shape index (κ1) is 21.1. The van der Waals surface area contributed by atoms with E-state index in [1.54, 1.807) is 42.6 Å². The highest BCUT2D eigenvalue weighted by molar-refractivity contribution is 7.90. The molecule has 0 radical (unpaired) electrons. The molecule has 4 rings (SSSR count). The molecular weight excluding hydrogens is 434 g/mol. The van der Waals surface area contributed by atoms with E-state index in [-0.39, 0.29) is 22.1 Å². The molecule has 11 heteroatoms. The van der Waals surface area contributed by atoms with Crippen LogP contribution in [0.1, 0.15) is 5.69 Å². The summed E-state index contributed by atoms with van der Waals surface area (Å²) in [5, 5.41) is 14.1. The highest BCUT2D eigenvalue weighted by atomic mass is 32.2. The zero-order valence-corrected chi connectivity index (χ0v) is 17.6. The van der Waals surface area contributed by atoms with Crippen molar-refractivity contribution in [2.45, 2.75) is 10.6 Å². The standard InChI is InChI=1S/C21H17N5O5S/c1-31-21-18(10-5-11-22-21)25-20-19(23-16-8-2-3-9-17(16)24-20)13-32(29,30)15-7-4-6-14(12-15)26(27)28/h2-12H,13H2,1H3,(H,24,25). The summed E-state index contributed by atoms with van der Waals surface area (Å²) in [4.78, 5) is 23.4. The number of nitro groups is 1. The maximum absolute atomic E-state index is 13.1. The number of rotatable bonds is 7. The Bertz CT molecular complexity index is 1430. The molecule has 0 aliphatic rings. The molecule has 0 saturated heterocycles. The first-order valence-corrected chi connectivity index (χ1v) is 11.0. The van der Waals surface area contributed by atoms with Gasteiger partial charge in [-0.3, -0.25) is 10.1 Å². The van der Waals surface area contributed by atoms with Crippen LogP contribution in [0, 0.1) is 10.1 Å². The number of nitro benzene ring substituents is 1. The van der Waals surface area contributed by atoms with Crippen molar-refractivity contribution in [2.75, 3.05) is 12.4 Å². The van der Waals surface area contributed by atoms with E-state index in [2.05, 4.69) is 20.3 Å². The Balaban J connectivity index is 1.79. The predicted octanol–water partition coefficient (Wildman–Crippen LogP) is 3.66. The average molecular weight is 451 g/mol. The predicted molar refractivity (Wildman–Crippen MR) is 118 cm³/mol. The van der Waals surface area contributed by atoms with E-state index in [0.29, 0.717) is 22.6 Å². The highest BCUT2D eigenvalue weighted by Gasteiger charge is 2.23. The van der Waals surface area contributed by atoms with E-state index in [0.717, 1.165) is 6.07 Å². The summed E-state index contributed by atoms with van der Waals surface area (Å²) < 4.78 is 31.4. The molecule has 2 aromatic heterocycles. The molecule has 0 saturated carbocycles. The minimum atomic E-state index is -3.96. The van der Waals surface area contributed by atoms with Gasteiger partial charge in [-0.15, -0.1) is 0 Å². The van der Waals surface area contributed by atoms with Gasteiger partial charge in [-0.2, -0.15) is 0 Å². The zero-order chi connectivity index (χ0) is 22.7. The number of sulfone groups is 1. The van der Waals surface area contributed by atoms with Gasteiger partial charge in [0.1, 0.15) is 11.4 Å². The number of nitrogens with zero attached hydrogens (tertiary/aromatic N) is 4. The number of aromatic nitrogens is 3. The first-order chi connectivity index (χ1) is 15.4. The second-order valence-electron chi connectivity index (χ2n) is 6.71. The summed E-state index contributed by atoms with van der Waals surface area (Å²) in [5.74, 6) is -0.00403. The Hall–Kier alpha value is -4.12. The minimum absolute atomic E-state index is 0.154. The Morgan fingerprint density at radius 2 is 1.78 bits per heavy atom. The number of fused-ring (bicyclic) bond motifs is 1. The van der Waals surface area contributed by atoms with E-state index in [9.17, 15) is 18.5 Å². The Kier molecular flexibility index (Phi) is 5.65. The summed E-state index contributed by atoms with van der Waals surface area (Å²) in [6.45, 7) is 0. The molecule has 0 atom stereocenters.